The van der Waals surface area contributed by atoms with Crippen LogP contribution in [0.1, 0.15) is 61.8 Å². The summed E-state index contributed by atoms with van der Waals surface area (Å²) in [4.78, 5) is 25.1. The molecule has 0 aliphatic carbocycles. The zero-order valence-corrected chi connectivity index (χ0v) is 14.6. The van der Waals surface area contributed by atoms with E-state index in [-0.39, 0.29) is 36.0 Å². The molecule has 0 unspecified atom stereocenters. The largest absolute Gasteiger partial charge is 0.443 e. The van der Waals surface area contributed by atoms with Gasteiger partial charge in [-0.2, -0.15) is 0 Å². The molecule has 1 aliphatic heterocycles. The molecule has 1 fully saturated rings. The van der Waals surface area contributed by atoms with Gasteiger partial charge in [-0.25, -0.2) is 9.69 Å². The Morgan fingerprint density at radius 2 is 1.62 bits per heavy atom. The molecule has 0 radical (unpaired) electrons. The normalized spacial score (nSPS) is 20.9. The highest BCUT2D eigenvalue weighted by Crippen LogP contribution is 2.35. The molecule has 21 heavy (non-hydrogen) atoms. The van der Waals surface area contributed by atoms with Crippen molar-refractivity contribution in [2.45, 2.75) is 79.1 Å². The van der Waals surface area contributed by atoms with Crippen molar-refractivity contribution in [1.29, 1.82) is 0 Å². The van der Waals surface area contributed by atoms with Crippen LogP contribution in [0.15, 0.2) is 0 Å². The van der Waals surface area contributed by atoms with Gasteiger partial charge in [-0.3, -0.25) is 4.79 Å². The van der Waals surface area contributed by atoms with E-state index < -0.39 is 11.7 Å². The number of likely N-dealkylation sites (tertiary alicyclic amines) is 1. The fourth-order valence-corrected chi connectivity index (χ4v) is 1.84. The molecule has 0 aromatic carbocycles. The van der Waals surface area contributed by atoms with Crippen LogP contribution in [0.2, 0.25) is 0 Å². The van der Waals surface area contributed by atoms with E-state index in [9.17, 15) is 9.59 Å². The van der Waals surface area contributed by atoms with Gasteiger partial charge in [-0.05, 0) is 40.0 Å². The van der Waals surface area contributed by atoms with Crippen LogP contribution in [0.4, 0.5) is 4.79 Å². The third-order valence-electron chi connectivity index (χ3n) is 3.97. The van der Waals surface area contributed by atoms with Crippen molar-refractivity contribution >= 4 is 12.0 Å². The number of imide groups is 1. The molecular weight excluding hydrogens is 270 g/mol. The Morgan fingerprint density at radius 1 is 1.10 bits per heavy atom. The van der Waals surface area contributed by atoms with Gasteiger partial charge >= 0.3 is 6.09 Å². The first-order valence-corrected chi connectivity index (χ1v) is 7.44. The Balaban J connectivity index is 2.69. The van der Waals surface area contributed by atoms with Crippen LogP contribution in [-0.2, 0) is 14.3 Å². The highest BCUT2D eigenvalue weighted by Gasteiger charge is 2.42. The molecule has 0 saturated carbocycles. The maximum atomic E-state index is 12.0. The van der Waals surface area contributed by atoms with Crippen LogP contribution in [0.5, 0.6) is 0 Å². The van der Waals surface area contributed by atoms with E-state index in [1.807, 2.05) is 13.8 Å². The second-order valence-electron chi connectivity index (χ2n) is 8.19. The first-order valence-electron chi connectivity index (χ1n) is 7.44. The third-order valence-corrected chi connectivity index (χ3v) is 3.97. The summed E-state index contributed by atoms with van der Waals surface area (Å²) in [6.45, 7) is 15.9. The average molecular weight is 299 g/mol. The summed E-state index contributed by atoms with van der Waals surface area (Å²) >= 11 is 0. The third kappa shape index (κ3) is 4.70. The Morgan fingerprint density at radius 3 is 2.05 bits per heavy atom. The summed E-state index contributed by atoms with van der Waals surface area (Å²) in [5, 5.41) is 0. The summed E-state index contributed by atoms with van der Waals surface area (Å²) in [6, 6.07) is 0. The molecule has 122 valence electrons. The van der Waals surface area contributed by atoms with Gasteiger partial charge in [0.2, 0.25) is 5.91 Å². The van der Waals surface area contributed by atoms with Gasteiger partial charge in [-0.1, -0.05) is 20.8 Å². The smallest absolute Gasteiger partial charge is 0.417 e. The van der Waals surface area contributed by atoms with Crippen molar-refractivity contribution in [1.82, 2.24) is 4.90 Å². The Bertz CT molecular complexity index is 415. The molecule has 1 heterocycles. The van der Waals surface area contributed by atoms with Crippen LogP contribution in [0.25, 0.3) is 0 Å². The van der Waals surface area contributed by atoms with Gasteiger partial charge in [0.25, 0.3) is 0 Å². The lowest BCUT2D eigenvalue weighted by atomic mass is 9.79. The summed E-state index contributed by atoms with van der Waals surface area (Å²) in [5.74, 6) is -0.237. The minimum absolute atomic E-state index is 0.0601. The van der Waals surface area contributed by atoms with Crippen molar-refractivity contribution in [3.63, 3.8) is 0 Å². The van der Waals surface area contributed by atoms with Gasteiger partial charge in [-0.15, -0.1) is 0 Å². The predicted octanol–water partition coefficient (Wildman–Crippen LogP) is 3.36. The van der Waals surface area contributed by atoms with Crippen LogP contribution in [0.3, 0.4) is 0 Å². The average Bonchev–Trinajstić information content (AvgIpc) is 2.54. The van der Waals surface area contributed by atoms with E-state index in [2.05, 4.69) is 20.8 Å². The van der Waals surface area contributed by atoms with Crippen LogP contribution in [-0.4, -0.2) is 40.8 Å². The second kappa shape index (κ2) is 5.59. The zero-order chi connectivity index (χ0) is 16.6. The van der Waals surface area contributed by atoms with Gasteiger partial charge in [0, 0.05) is 0 Å². The van der Waals surface area contributed by atoms with E-state index >= 15 is 0 Å². The lowest BCUT2D eigenvalue weighted by molar-refractivity contribution is -0.131. The van der Waals surface area contributed by atoms with Crippen molar-refractivity contribution in [3.05, 3.63) is 0 Å². The molecule has 0 N–H and O–H groups in total. The van der Waals surface area contributed by atoms with Gasteiger partial charge in [0.15, 0.2) is 0 Å². The first-order chi connectivity index (χ1) is 9.23. The minimum atomic E-state index is -0.610. The number of hydrogen-bond donors (Lipinski definition) is 0. The maximum absolute atomic E-state index is 12.0. The Hall–Kier alpha value is -1.10. The van der Waals surface area contributed by atoms with E-state index in [4.69, 9.17) is 9.47 Å². The number of amides is 2. The molecule has 2 amide bonds. The molecule has 0 aromatic heterocycles. The number of hydrogen-bond acceptors (Lipinski definition) is 4. The molecule has 1 rings (SSSR count). The van der Waals surface area contributed by atoms with Crippen molar-refractivity contribution in [2.24, 2.45) is 5.41 Å². The van der Waals surface area contributed by atoms with E-state index in [1.54, 1.807) is 20.8 Å². The number of nitrogens with zero attached hydrogens (tertiary/aromatic N) is 1. The summed E-state index contributed by atoms with van der Waals surface area (Å²) < 4.78 is 11.3. The monoisotopic (exact) mass is 299 g/mol. The fraction of sp³-hybridized carbons (Fsp3) is 0.875. The highest BCUT2D eigenvalue weighted by molar-refractivity contribution is 5.94. The molecule has 0 spiro atoms. The van der Waals surface area contributed by atoms with E-state index in [0.717, 1.165) is 4.90 Å². The highest BCUT2D eigenvalue weighted by atomic mass is 16.6. The zero-order valence-electron chi connectivity index (χ0n) is 14.6. The number of carbonyl (C=O) groups is 2. The summed E-state index contributed by atoms with van der Waals surface area (Å²) in [7, 11) is 0. The van der Waals surface area contributed by atoms with E-state index in [1.165, 1.54) is 0 Å². The molecule has 0 aromatic rings. The molecule has 1 aliphatic rings. The summed E-state index contributed by atoms with van der Waals surface area (Å²) in [6.07, 6.45) is -0.648. The number of rotatable bonds is 2. The molecular formula is C16H29NO4. The van der Waals surface area contributed by atoms with Crippen molar-refractivity contribution < 1.29 is 19.1 Å². The molecule has 1 atom stereocenters. The lowest BCUT2D eigenvalue weighted by Gasteiger charge is -2.40. The number of carbonyl (C=O) groups excluding carboxylic acids is 2. The molecule has 5 nitrogen and oxygen atoms in total. The Labute approximate surface area is 128 Å². The first kappa shape index (κ1) is 18.0. The standard InChI is InChI=1S/C16H29NO4/c1-14(2,3)16(7,8)20-11-9-12(18)17(10-11)13(19)21-15(4,5)6/h11H,9-10H2,1-8H3/t11-/m1/s1. The Kier molecular flexibility index (Phi) is 4.78. The molecule has 1 saturated heterocycles. The van der Waals surface area contributed by atoms with Crippen LogP contribution in [0, 0.1) is 5.41 Å². The van der Waals surface area contributed by atoms with Gasteiger partial charge in [0.05, 0.1) is 24.7 Å². The SMILES string of the molecule is CC(C)(C)OC(=O)N1C[C@H](OC(C)(C)C(C)(C)C)CC1=O. The lowest BCUT2D eigenvalue weighted by Crippen LogP contribution is -2.43. The van der Waals surface area contributed by atoms with Crippen LogP contribution >= 0.6 is 0 Å². The van der Waals surface area contributed by atoms with Crippen molar-refractivity contribution in [3.8, 4) is 0 Å². The quantitative estimate of drug-likeness (QED) is 0.784. The predicted molar refractivity (Wildman–Crippen MR) is 81.0 cm³/mol. The fourth-order valence-electron chi connectivity index (χ4n) is 1.84. The molecule has 5 heteroatoms. The van der Waals surface area contributed by atoms with Crippen LogP contribution < -0.4 is 0 Å². The topological polar surface area (TPSA) is 55.8 Å². The second-order valence-corrected chi connectivity index (χ2v) is 8.19. The van der Waals surface area contributed by atoms with Crippen molar-refractivity contribution in [2.75, 3.05) is 6.54 Å². The number of ether oxygens (including phenoxy) is 2. The van der Waals surface area contributed by atoms with E-state index in [0.29, 0.717) is 0 Å². The maximum Gasteiger partial charge on any atom is 0.417 e. The summed E-state index contributed by atoms with van der Waals surface area (Å²) in [5.41, 5.74) is -1.06. The van der Waals surface area contributed by atoms with Gasteiger partial charge in [0.1, 0.15) is 5.60 Å². The van der Waals surface area contributed by atoms with Gasteiger partial charge < -0.3 is 9.47 Å². The molecule has 0 bridgehead atoms. The minimum Gasteiger partial charge on any atom is -0.443 e.